The quantitative estimate of drug-likeness (QED) is 0.373. The van der Waals surface area contributed by atoms with Gasteiger partial charge >= 0.3 is 0 Å². The average molecular weight is 330 g/mol. The Morgan fingerprint density at radius 3 is 1.35 bits per heavy atom. The Hall–Kier alpha value is -3.38. The van der Waals surface area contributed by atoms with Crippen molar-refractivity contribution in [2.75, 3.05) is 0 Å². The first-order chi connectivity index (χ1) is 12.9. The Morgan fingerprint density at radius 1 is 0.423 bits per heavy atom. The molecule has 0 saturated carbocycles. The second-order valence-electron chi connectivity index (χ2n) is 6.65. The molecule has 4 aromatic rings. The molecule has 1 aliphatic carbocycles. The number of benzene rings is 4. The Kier molecular flexibility index (Phi) is 3.54. The fourth-order valence-corrected chi connectivity index (χ4v) is 3.82. The third kappa shape index (κ3) is 2.48. The summed E-state index contributed by atoms with van der Waals surface area (Å²) in [5.74, 6) is 0. The summed E-state index contributed by atoms with van der Waals surface area (Å²) in [6, 6.07) is 34.4. The summed E-state index contributed by atoms with van der Waals surface area (Å²) >= 11 is 0. The summed E-state index contributed by atoms with van der Waals surface area (Å²) in [6.07, 6.45) is 4.62. The van der Waals surface area contributed by atoms with Crippen molar-refractivity contribution in [2.24, 2.45) is 0 Å². The van der Waals surface area contributed by atoms with E-state index >= 15 is 0 Å². The van der Waals surface area contributed by atoms with E-state index in [2.05, 4.69) is 109 Å². The van der Waals surface area contributed by atoms with Crippen LogP contribution in [0.15, 0.2) is 97.1 Å². The van der Waals surface area contributed by atoms with Crippen LogP contribution >= 0.6 is 0 Å². The van der Waals surface area contributed by atoms with Gasteiger partial charge in [0.25, 0.3) is 0 Å². The Morgan fingerprint density at radius 2 is 0.885 bits per heavy atom. The van der Waals surface area contributed by atoms with Gasteiger partial charge in [-0.25, -0.2) is 0 Å². The maximum atomic E-state index is 2.31. The minimum absolute atomic E-state index is 1.23. The van der Waals surface area contributed by atoms with Gasteiger partial charge in [-0.1, -0.05) is 97.1 Å². The zero-order chi connectivity index (χ0) is 17.3. The molecule has 0 heterocycles. The van der Waals surface area contributed by atoms with Gasteiger partial charge in [-0.15, -0.1) is 0 Å². The van der Waals surface area contributed by atoms with Crippen molar-refractivity contribution in [1.29, 1.82) is 0 Å². The molecule has 0 unspecified atom stereocenters. The summed E-state index contributed by atoms with van der Waals surface area (Å²) in [5, 5.41) is 2.66. The van der Waals surface area contributed by atoms with Gasteiger partial charge in [0.15, 0.2) is 0 Å². The van der Waals surface area contributed by atoms with Crippen LogP contribution in [-0.4, -0.2) is 0 Å². The van der Waals surface area contributed by atoms with Crippen LogP contribution in [0.4, 0.5) is 0 Å². The molecule has 26 heavy (non-hydrogen) atoms. The molecule has 1 aliphatic rings. The van der Waals surface area contributed by atoms with Crippen molar-refractivity contribution in [1.82, 2.24) is 0 Å². The first-order valence-electron chi connectivity index (χ1n) is 8.96. The highest BCUT2D eigenvalue weighted by Gasteiger charge is 2.23. The van der Waals surface area contributed by atoms with Gasteiger partial charge in [-0.3, -0.25) is 0 Å². The van der Waals surface area contributed by atoms with Crippen molar-refractivity contribution in [3.05, 3.63) is 119 Å². The first-order valence-corrected chi connectivity index (χ1v) is 8.96. The van der Waals surface area contributed by atoms with Crippen molar-refractivity contribution >= 4 is 34.1 Å². The summed E-state index contributed by atoms with van der Waals surface area (Å²) in [5.41, 5.74) is 7.70. The van der Waals surface area contributed by atoms with Crippen LogP contribution in [0.1, 0.15) is 22.3 Å². The fraction of sp³-hybridized carbons (Fsp3) is 0. The van der Waals surface area contributed by atoms with E-state index in [0.717, 1.165) is 0 Å². The minimum Gasteiger partial charge on any atom is -0.0622 e. The molecular formula is C26H18. The molecule has 0 amide bonds. The third-order valence-corrected chi connectivity index (χ3v) is 5.00. The highest BCUT2D eigenvalue weighted by molar-refractivity contribution is 6.28. The molecule has 0 heteroatoms. The Balaban J connectivity index is 1.80. The lowest BCUT2D eigenvalue weighted by molar-refractivity contribution is 1.65. The molecule has 0 fully saturated rings. The molecule has 5 rings (SSSR count). The number of hydrogen-bond donors (Lipinski definition) is 0. The van der Waals surface area contributed by atoms with Crippen LogP contribution < -0.4 is 0 Å². The standard InChI is InChI=1S/C26H18/c1-3-9-19(10-4-1)17-24-22-15-7-13-21-14-8-16-23(26(21)22)25(24)18-20-11-5-2-6-12-20/h1-18H. The molecule has 0 spiro atoms. The van der Waals surface area contributed by atoms with Gasteiger partial charge in [0.1, 0.15) is 0 Å². The maximum absolute atomic E-state index is 2.31. The SMILES string of the molecule is C(=C1C(=Cc2ccccc2)c2cccc3cccc1c23)c1ccccc1. The van der Waals surface area contributed by atoms with Crippen molar-refractivity contribution in [3.8, 4) is 0 Å². The maximum Gasteiger partial charge on any atom is -0.00264 e. The molecule has 122 valence electrons. The van der Waals surface area contributed by atoms with Crippen LogP contribution in [0, 0.1) is 0 Å². The van der Waals surface area contributed by atoms with Crippen LogP contribution in [0.2, 0.25) is 0 Å². The largest absolute Gasteiger partial charge is 0.0622 e. The fourth-order valence-electron chi connectivity index (χ4n) is 3.82. The molecule has 0 radical (unpaired) electrons. The molecule has 0 atom stereocenters. The van der Waals surface area contributed by atoms with Crippen LogP contribution in [0.3, 0.4) is 0 Å². The molecule has 0 N–H and O–H groups in total. The predicted octanol–water partition coefficient (Wildman–Crippen LogP) is 6.93. The molecular weight excluding hydrogens is 312 g/mol. The monoisotopic (exact) mass is 330 g/mol. The Bertz CT molecular complexity index is 1060. The summed E-state index contributed by atoms with van der Waals surface area (Å²) in [6.45, 7) is 0. The first kappa shape index (κ1) is 14.9. The second kappa shape index (κ2) is 6.16. The number of hydrogen-bond acceptors (Lipinski definition) is 0. The van der Waals surface area contributed by atoms with Crippen LogP contribution in [0.25, 0.3) is 34.1 Å². The van der Waals surface area contributed by atoms with Crippen molar-refractivity contribution in [3.63, 3.8) is 0 Å². The molecule has 0 saturated heterocycles. The summed E-state index contributed by atoms with van der Waals surface area (Å²) in [7, 11) is 0. The van der Waals surface area contributed by atoms with E-state index in [0.29, 0.717) is 0 Å². The normalized spacial score (nSPS) is 15.8. The van der Waals surface area contributed by atoms with Crippen LogP contribution in [0.5, 0.6) is 0 Å². The lowest BCUT2D eigenvalue weighted by Gasteiger charge is -2.06. The van der Waals surface area contributed by atoms with E-state index in [1.807, 2.05) is 0 Å². The molecule has 4 aromatic carbocycles. The molecule has 0 aromatic heterocycles. The summed E-state index contributed by atoms with van der Waals surface area (Å²) < 4.78 is 0. The predicted molar refractivity (Wildman–Crippen MR) is 113 cm³/mol. The van der Waals surface area contributed by atoms with Gasteiger partial charge in [-0.05, 0) is 56.3 Å². The zero-order valence-electron chi connectivity index (χ0n) is 14.4. The van der Waals surface area contributed by atoms with Crippen molar-refractivity contribution in [2.45, 2.75) is 0 Å². The Labute approximate surface area is 153 Å². The lowest BCUT2D eigenvalue weighted by atomic mass is 9.98. The van der Waals surface area contributed by atoms with E-state index in [4.69, 9.17) is 0 Å². The highest BCUT2D eigenvalue weighted by Crippen LogP contribution is 2.47. The van der Waals surface area contributed by atoms with E-state index in [-0.39, 0.29) is 0 Å². The van der Waals surface area contributed by atoms with Gasteiger partial charge in [0, 0.05) is 0 Å². The van der Waals surface area contributed by atoms with Crippen molar-refractivity contribution < 1.29 is 0 Å². The highest BCUT2D eigenvalue weighted by atomic mass is 14.3. The van der Waals surface area contributed by atoms with Gasteiger partial charge < -0.3 is 0 Å². The summed E-state index contributed by atoms with van der Waals surface area (Å²) in [4.78, 5) is 0. The third-order valence-electron chi connectivity index (χ3n) is 5.00. The van der Waals surface area contributed by atoms with E-state index < -0.39 is 0 Å². The second-order valence-corrected chi connectivity index (χ2v) is 6.65. The molecule has 0 nitrogen and oxygen atoms in total. The smallest absolute Gasteiger partial charge is 0.00264 e. The molecule has 0 aliphatic heterocycles. The van der Waals surface area contributed by atoms with E-state index in [1.165, 1.54) is 44.2 Å². The topological polar surface area (TPSA) is 0 Å². The van der Waals surface area contributed by atoms with Crippen LogP contribution in [-0.2, 0) is 0 Å². The zero-order valence-corrected chi connectivity index (χ0v) is 14.4. The van der Waals surface area contributed by atoms with E-state index in [1.54, 1.807) is 0 Å². The van der Waals surface area contributed by atoms with Gasteiger partial charge in [-0.2, -0.15) is 0 Å². The van der Waals surface area contributed by atoms with Gasteiger partial charge in [0.2, 0.25) is 0 Å². The minimum atomic E-state index is 1.23. The van der Waals surface area contributed by atoms with Gasteiger partial charge in [0.05, 0.1) is 0 Å². The number of allylic oxidation sites excluding steroid dienone is 2. The molecule has 0 bridgehead atoms. The average Bonchev–Trinajstić information content (AvgIpc) is 2.99. The lowest BCUT2D eigenvalue weighted by Crippen LogP contribution is -1.82. The number of rotatable bonds is 2. The van der Waals surface area contributed by atoms with E-state index in [9.17, 15) is 0 Å².